The van der Waals surface area contributed by atoms with E-state index in [0.29, 0.717) is 31.8 Å². The molecular weight excluding hydrogens is 369 g/mol. The molecule has 7 heteroatoms. The van der Waals surface area contributed by atoms with E-state index in [1.165, 1.54) is 18.6 Å². The molecule has 2 atom stereocenters. The number of hydrogen-bond donors (Lipinski definition) is 1. The highest BCUT2D eigenvalue weighted by molar-refractivity contribution is 5.94. The van der Waals surface area contributed by atoms with Crippen molar-refractivity contribution in [3.63, 3.8) is 0 Å². The Bertz CT molecular complexity index is 695. The maximum atomic E-state index is 12.7. The molecule has 1 aromatic carbocycles. The van der Waals surface area contributed by atoms with Crippen LogP contribution in [0.2, 0.25) is 0 Å². The lowest BCUT2D eigenvalue weighted by molar-refractivity contribution is -0.137. The van der Waals surface area contributed by atoms with E-state index in [9.17, 15) is 22.8 Å². The summed E-state index contributed by atoms with van der Waals surface area (Å²) < 4.78 is 38.0. The van der Waals surface area contributed by atoms with Crippen LogP contribution in [0, 0.1) is 11.8 Å². The largest absolute Gasteiger partial charge is 0.416 e. The second-order valence-electron chi connectivity index (χ2n) is 8.02. The van der Waals surface area contributed by atoms with Crippen molar-refractivity contribution in [2.45, 2.75) is 57.7 Å². The Balaban J connectivity index is 1.51. The predicted octanol–water partition coefficient (Wildman–Crippen LogP) is 4.25. The van der Waals surface area contributed by atoms with Crippen LogP contribution >= 0.6 is 0 Å². The standard InChI is InChI=1S/C21H27F3N2O2/c1-14-4-2-3-5-18(14)25-19(27)15-10-12-26(13-11-15)20(28)16-6-8-17(9-7-16)21(22,23)24/h6-9,14-15,18H,2-5,10-13H2,1H3,(H,25,27)/t14-,18-/m0/s1. The van der Waals surface area contributed by atoms with Crippen molar-refractivity contribution in [3.8, 4) is 0 Å². The van der Waals surface area contributed by atoms with E-state index < -0.39 is 11.7 Å². The smallest absolute Gasteiger partial charge is 0.353 e. The van der Waals surface area contributed by atoms with Gasteiger partial charge >= 0.3 is 6.18 Å². The first-order valence-electron chi connectivity index (χ1n) is 10.0. The number of carbonyl (C=O) groups excluding carboxylic acids is 2. The molecule has 2 amide bonds. The second kappa shape index (κ2) is 8.53. The number of amides is 2. The summed E-state index contributed by atoms with van der Waals surface area (Å²) in [4.78, 5) is 26.7. The van der Waals surface area contributed by atoms with Crippen molar-refractivity contribution < 1.29 is 22.8 Å². The summed E-state index contributed by atoms with van der Waals surface area (Å²) in [6.07, 6.45) is 1.29. The second-order valence-corrected chi connectivity index (χ2v) is 8.02. The van der Waals surface area contributed by atoms with E-state index in [4.69, 9.17) is 0 Å². The van der Waals surface area contributed by atoms with Crippen LogP contribution in [-0.2, 0) is 11.0 Å². The molecule has 1 saturated carbocycles. The van der Waals surface area contributed by atoms with Gasteiger partial charge in [0.2, 0.25) is 5.91 Å². The monoisotopic (exact) mass is 396 g/mol. The number of halogens is 3. The van der Waals surface area contributed by atoms with Gasteiger partial charge < -0.3 is 10.2 Å². The van der Waals surface area contributed by atoms with E-state index in [2.05, 4.69) is 12.2 Å². The van der Waals surface area contributed by atoms with Gasteiger partial charge in [-0.25, -0.2) is 0 Å². The minimum absolute atomic E-state index is 0.0698. The van der Waals surface area contributed by atoms with Gasteiger partial charge in [-0.05, 0) is 55.9 Å². The highest BCUT2D eigenvalue weighted by Gasteiger charge is 2.32. The Labute approximate surface area is 163 Å². The molecule has 154 valence electrons. The number of rotatable bonds is 3. The molecule has 1 aromatic rings. The van der Waals surface area contributed by atoms with Gasteiger partial charge in [-0.15, -0.1) is 0 Å². The van der Waals surface area contributed by atoms with Gasteiger partial charge in [0, 0.05) is 30.6 Å². The van der Waals surface area contributed by atoms with E-state index in [1.54, 1.807) is 4.90 Å². The van der Waals surface area contributed by atoms with E-state index >= 15 is 0 Å². The summed E-state index contributed by atoms with van der Waals surface area (Å²) in [5.41, 5.74) is -0.525. The quantitative estimate of drug-likeness (QED) is 0.830. The maximum absolute atomic E-state index is 12.7. The van der Waals surface area contributed by atoms with Gasteiger partial charge in [-0.3, -0.25) is 9.59 Å². The Morgan fingerprint density at radius 3 is 2.18 bits per heavy atom. The van der Waals surface area contributed by atoms with Crippen molar-refractivity contribution >= 4 is 11.8 Å². The van der Waals surface area contributed by atoms with Crippen molar-refractivity contribution in [2.24, 2.45) is 11.8 Å². The third-order valence-corrected chi connectivity index (χ3v) is 6.05. The molecule has 4 nitrogen and oxygen atoms in total. The molecule has 0 spiro atoms. The summed E-state index contributed by atoms with van der Waals surface area (Å²) >= 11 is 0. The van der Waals surface area contributed by atoms with Crippen molar-refractivity contribution in [1.29, 1.82) is 0 Å². The molecular formula is C21H27F3N2O2. The first kappa shape index (κ1) is 20.7. The molecule has 0 radical (unpaired) electrons. The average molecular weight is 396 g/mol. The molecule has 0 unspecified atom stereocenters. The van der Waals surface area contributed by atoms with Gasteiger partial charge in [-0.1, -0.05) is 19.8 Å². The van der Waals surface area contributed by atoms with E-state index in [1.807, 2.05) is 0 Å². The first-order valence-corrected chi connectivity index (χ1v) is 10.0. The fourth-order valence-electron chi connectivity index (χ4n) is 4.16. The highest BCUT2D eigenvalue weighted by Crippen LogP contribution is 2.30. The highest BCUT2D eigenvalue weighted by atomic mass is 19.4. The van der Waals surface area contributed by atoms with E-state index in [0.717, 1.165) is 31.4 Å². The minimum atomic E-state index is -4.41. The number of nitrogens with zero attached hydrogens (tertiary/aromatic N) is 1. The predicted molar refractivity (Wildman–Crippen MR) is 99.6 cm³/mol. The molecule has 1 saturated heterocycles. The number of carbonyl (C=O) groups is 2. The molecule has 1 aliphatic heterocycles. The summed E-state index contributed by atoms with van der Waals surface area (Å²) in [5.74, 6) is 0.179. The lowest BCUT2D eigenvalue weighted by Gasteiger charge is -2.34. The topological polar surface area (TPSA) is 49.4 Å². The Morgan fingerprint density at radius 2 is 1.61 bits per heavy atom. The molecule has 28 heavy (non-hydrogen) atoms. The molecule has 0 aromatic heterocycles. The zero-order valence-corrected chi connectivity index (χ0v) is 16.1. The third kappa shape index (κ3) is 4.86. The first-order chi connectivity index (χ1) is 13.3. The van der Waals surface area contributed by atoms with Crippen LogP contribution < -0.4 is 5.32 Å². The Morgan fingerprint density at radius 1 is 1.00 bits per heavy atom. The average Bonchev–Trinajstić information content (AvgIpc) is 2.69. The molecule has 2 aliphatic rings. The maximum Gasteiger partial charge on any atom is 0.416 e. The van der Waals surface area contributed by atoms with Crippen LogP contribution in [-0.4, -0.2) is 35.8 Å². The lowest BCUT2D eigenvalue weighted by Crippen LogP contribution is -2.47. The van der Waals surface area contributed by atoms with Gasteiger partial charge in [0.1, 0.15) is 0 Å². The summed E-state index contributed by atoms with van der Waals surface area (Å²) in [5, 5.41) is 3.19. The summed E-state index contributed by atoms with van der Waals surface area (Å²) in [6.45, 7) is 3.06. The number of benzene rings is 1. The molecule has 1 aliphatic carbocycles. The number of nitrogens with one attached hydrogen (secondary N) is 1. The number of likely N-dealkylation sites (tertiary alicyclic amines) is 1. The fourth-order valence-corrected chi connectivity index (χ4v) is 4.16. The molecule has 1 heterocycles. The van der Waals surface area contributed by atoms with Crippen LogP contribution in [0.5, 0.6) is 0 Å². The Hall–Kier alpha value is -2.05. The van der Waals surface area contributed by atoms with Crippen LogP contribution in [0.25, 0.3) is 0 Å². The fraction of sp³-hybridized carbons (Fsp3) is 0.619. The van der Waals surface area contributed by atoms with Crippen molar-refractivity contribution in [1.82, 2.24) is 10.2 Å². The SMILES string of the molecule is C[C@H]1CCCC[C@@H]1NC(=O)C1CCN(C(=O)c2ccc(C(F)(F)F)cc2)CC1. The normalized spacial score (nSPS) is 24.1. The Kier molecular flexibility index (Phi) is 6.30. The number of piperidine rings is 1. The van der Waals surface area contributed by atoms with Crippen LogP contribution in [0.15, 0.2) is 24.3 Å². The van der Waals surface area contributed by atoms with Crippen LogP contribution in [0.1, 0.15) is 61.4 Å². The number of hydrogen-bond acceptors (Lipinski definition) is 2. The van der Waals surface area contributed by atoms with Crippen molar-refractivity contribution in [2.75, 3.05) is 13.1 Å². The lowest BCUT2D eigenvalue weighted by atomic mass is 9.85. The zero-order chi connectivity index (χ0) is 20.3. The van der Waals surface area contributed by atoms with Gasteiger partial charge in [-0.2, -0.15) is 13.2 Å². The molecule has 3 rings (SSSR count). The van der Waals surface area contributed by atoms with Gasteiger partial charge in [0.25, 0.3) is 5.91 Å². The molecule has 0 bridgehead atoms. The van der Waals surface area contributed by atoms with Crippen LogP contribution in [0.3, 0.4) is 0 Å². The third-order valence-electron chi connectivity index (χ3n) is 6.05. The van der Waals surface area contributed by atoms with Gasteiger partial charge in [0.15, 0.2) is 0 Å². The summed E-state index contributed by atoms with van der Waals surface area (Å²) in [7, 11) is 0. The number of alkyl halides is 3. The van der Waals surface area contributed by atoms with Crippen LogP contribution in [0.4, 0.5) is 13.2 Å². The molecule has 1 N–H and O–H groups in total. The van der Waals surface area contributed by atoms with Gasteiger partial charge in [0.05, 0.1) is 5.56 Å². The molecule has 2 fully saturated rings. The minimum Gasteiger partial charge on any atom is -0.353 e. The zero-order valence-electron chi connectivity index (χ0n) is 16.1. The van der Waals surface area contributed by atoms with E-state index in [-0.39, 0.29) is 29.3 Å². The van der Waals surface area contributed by atoms with Crippen molar-refractivity contribution in [3.05, 3.63) is 35.4 Å². The summed E-state index contributed by atoms with van der Waals surface area (Å²) in [6, 6.07) is 4.54.